The van der Waals surface area contributed by atoms with E-state index in [1.807, 2.05) is 0 Å². The van der Waals surface area contributed by atoms with Crippen molar-refractivity contribution in [1.82, 2.24) is 4.90 Å². The molecule has 0 aromatic heterocycles. The Morgan fingerprint density at radius 3 is 2.91 bits per heavy atom. The maximum Gasteiger partial charge on any atom is 0.303 e. The Labute approximate surface area is 133 Å². The van der Waals surface area contributed by atoms with Crippen LogP contribution < -0.4 is 0 Å². The van der Waals surface area contributed by atoms with E-state index in [0.717, 1.165) is 12.8 Å². The number of rotatable bonds is 5. The van der Waals surface area contributed by atoms with E-state index in [1.54, 1.807) is 17.2 Å². The highest BCUT2D eigenvalue weighted by Crippen LogP contribution is 2.25. The Bertz CT molecular complexity index is 564. The van der Waals surface area contributed by atoms with Crippen molar-refractivity contribution in [3.63, 3.8) is 0 Å². The molecule has 1 saturated heterocycles. The largest absolute Gasteiger partial charge is 0.481 e. The van der Waals surface area contributed by atoms with Crippen molar-refractivity contribution in [1.29, 1.82) is 0 Å². The Hall–Kier alpha value is -1.56. The van der Waals surface area contributed by atoms with Crippen molar-refractivity contribution in [2.24, 2.45) is 5.92 Å². The van der Waals surface area contributed by atoms with Crippen LogP contribution in [0.25, 0.3) is 0 Å². The molecule has 1 N–H and O–H groups in total. The molecule has 1 aliphatic rings. The third-order valence-electron chi connectivity index (χ3n) is 3.97. The Kier molecular flexibility index (Phi) is 5.83. The van der Waals surface area contributed by atoms with Crippen molar-refractivity contribution < 1.29 is 19.1 Å². The van der Waals surface area contributed by atoms with E-state index in [4.69, 9.17) is 5.11 Å². The predicted molar refractivity (Wildman–Crippen MR) is 83.7 cm³/mol. The van der Waals surface area contributed by atoms with Crippen LogP contribution in [0.2, 0.25) is 0 Å². The number of carboxylic acids is 1. The molecule has 1 aromatic carbocycles. The maximum absolute atomic E-state index is 13.5. The van der Waals surface area contributed by atoms with E-state index in [1.165, 1.54) is 23.9 Å². The van der Waals surface area contributed by atoms with E-state index in [-0.39, 0.29) is 24.1 Å². The summed E-state index contributed by atoms with van der Waals surface area (Å²) in [6.45, 7) is 1.26. The maximum atomic E-state index is 13.5. The van der Waals surface area contributed by atoms with Crippen LogP contribution in [0, 0.1) is 11.7 Å². The summed E-state index contributed by atoms with van der Waals surface area (Å²) < 4.78 is 13.5. The van der Waals surface area contributed by atoms with Gasteiger partial charge in [0.2, 0.25) is 0 Å². The molecular weight excluding hydrogens is 305 g/mol. The van der Waals surface area contributed by atoms with Crippen molar-refractivity contribution in [2.45, 2.75) is 30.6 Å². The molecule has 0 radical (unpaired) electrons. The molecule has 0 aliphatic carbocycles. The molecular formula is C16H20FNO3S. The molecule has 1 unspecified atom stereocenters. The van der Waals surface area contributed by atoms with Crippen molar-refractivity contribution >= 4 is 23.6 Å². The van der Waals surface area contributed by atoms with Gasteiger partial charge in [0.25, 0.3) is 5.91 Å². The number of aliphatic carboxylic acids is 1. The fraction of sp³-hybridized carbons (Fsp3) is 0.500. The number of carbonyl (C=O) groups is 2. The van der Waals surface area contributed by atoms with Gasteiger partial charge >= 0.3 is 5.97 Å². The summed E-state index contributed by atoms with van der Waals surface area (Å²) in [5.41, 5.74) is 0.490. The molecule has 1 amide bonds. The first-order valence-electron chi connectivity index (χ1n) is 7.36. The molecule has 1 aromatic rings. The fourth-order valence-corrected chi connectivity index (χ4v) is 3.30. The molecule has 0 spiro atoms. The van der Waals surface area contributed by atoms with Gasteiger partial charge < -0.3 is 10.0 Å². The summed E-state index contributed by atoms with van der Waals surface area (Å²) in [6.07, 6.45) is 4.34. The van der Waals surface area contributed by atoms with Crippen LogP contribution in [0.5, 0.6) is 0 Å². The molecule has 1 heterocycles. The van der Waals surface area contributed by atoms with Gasteiger partial charge in [-0.1, -0.05) is 0 Å². The van der Waals surface area contributed by atoms with Gasteiger partial charge in [0.05, 0.1) is 0 Å². The predicted octanol–water partition coefficient (Wildman–Crippen LogP) is 3.26. The zero-order chi connectivity index (χ0) is 16.1. The smallest absolute Gasteiger partial charge is 0.303 e. The van der Waals surface area contributed by atoms with Crippen LogP contribution in [0.15, 0.2) is 23.1 Å². The second kappa shape index (κ2) is 7.63. The zero-order valence-corrected chi connectivity index (χ0v) is 13.4. The molecule has 6 heteroatoms. The first-order valence-corrected chi connectivity index (χ1v) is 8.58. The lowest BCUT2D eigenvalue weighted by atomic mass is 9.93. The summed E-state index contributed by atoms with van der Waals surface area (Å²) in [7, 11) is 0. The van der Waals surface area contributed by atoms with E-state index >= 15 is 0 Å². The third kappa shape index (κ3) is 4.22. The SMILES string of the molecule is CSc1cc(C(=O)N2CCCC(CCC(=O)O)C2)ccc1F. The molecule has 1 fully saturated rings. The van der Waals surface area contributed by atoms with Gasteiger partial charge in [-0.2, -0.15) is 0 Å². The Morgan fingerprint density at radius 2 is 2.23 bits per heavy atom. The minimum Gasteiger partial charge on any atom is -0.481 e. The van der Waals surface area contributed by atoms with Crippen LogP contribution in [-0.2, 0) is 4.79 Å². The van der Waals surface area contributed by atoms with Crippen molar-refractivity contribution in [3.05, 3.63) is 29.6 Å². The van der Waals surface area contributed by atoms with Crippen LogP contribution in [-0.4, -0.2) is 41.2 Å². The van der Waals surface area contributed by atoms with E-state index < -0.39 is 5.97 Å². The van der Waals surface area contributed by atoms with Crippen molar-refractivity contribution in [2.75, 3.05) is 19.3 Å². The quantitative estimate of drug-likeness (QED) is 0.844. The molecule has 1 aliphatic heterocycles. The van der Waals surface area contributed by atoms with Gasteiger partial charge in [0.1, 0.15) is 5.82 Å². The highest BCUT2D eigenvalue weighted by Gasteiger charge is 2.25. The number of hydrogen-bond donors (Lipinski definition) is 1. The van der Waals surface area contributed by atoms with Crippen LogP contribution in [0.4, 0.5) is 4.39 Å². The molecule has 0 saturated carbocycles. The second-order valence-corrected chi connectivity index (χ2v) is 6.39. The first-order chi connectivity index (χ1) is 10.5. The number of benzene rings is 1. The lowest BCUT2D eigenvalue weighted by Gasteiger charge is -2.32. The van der Waals surface area contributed by atoms with Gasteiger partial charge in [-0.05, 0) is 49.6 Å². The van der Waals surface area contributed by atoms with E-state index in [2.05, 4.69) is 0 Å². The number of carbonyl (C=O) groups excluding carboxylic acids is 1. The summed E-state index contributed by atoms with van der Waals surface area (Å²) in [4.78, 5) is 25.4. The number of piperidine rings is 1. The van der Waals surface area contributed by atoms with Crippen LogP contribution >= 0.6 is 11.8 Å². The van der Waals surface area contributed by atoms with Gasteiger partial charge in [-0.25, -0.2) is 4.39 Å². The molecule has 2 rings (SSSR count). The number of amides is 1. The average molecular weight is 325 g/mol. The number of hydrogen-bond acceptors (Lipinski definition) is 3. The van der Waals surface area contributed by atoms with Crippen molar-refractivity contribution in [3.8, 4) is 0 Å². The monoisotopic (exact) mass is 325 g/mol. The Balaban J connectivity index is 2.03. The summed E-state index contributed by atoms with van der Waals surface area (Å²) in [5.74, 6) is -0.988. The highest BCUT2D eigenvalue weighted by molar-refractivity contribution is 7.98. The number of carboxylic acid groups (broad SMARTS) is 1. The van der Waals surface area contributed by atoms with E-state index in [9.17, 15) is 14.0 Å². The number of halogens is 1. The lowest BCUT2D eigenvalue weighted by Crippen LogP contribution is -2.40. The summed E-state index contributed by atoms with van der Waals surface area (Å²) in [5, 5.41) is 8.76. The lowest BCUT2D eigenvalue weighted by molar-refractivity contribution is -0.137. The average Bonchev–Trinajstić information content (AvgIpc) is 2.53. The van der Waals surface area contributed by atoms with Gasteiger partial charge in [0.15, 0.2) is 0 Å². The third-order valence-corrected chi connectivity index (χ3v) is 4.72. The first kappa shape index (κ1) is 16.8. The molecule has 1 atom stereocenters. The molecule has 4 nitrogen and oxygen atoms in total. The molecule has 22 heavy (non-hydrogen) atoms. The number of likely N-dealkylation sites (tertiary alicyclic amines) is 1. The number of thioether (sulfide) groups is 1. The minimum atomic E-state index is -0.799. The Morgan fingerprint density at radius 1 is 1.45 bits per heavy atom. The summed E-state index contributed by atoms with van der Waals surface area (Å²) in [6, 6.07) is 4.42. The summed E-state index contributed by atoms with van der Waals surface area (Å²) >= 11 is 1.27. The van der Waals surface area contributed by atoms with Crippen LogP contribution in [0.3, 0.4) is 0 Å². The topological polar surface area (TPSA) is 57.6 Å². The van der Waals surface area contributed by atoms with Crippen LogP contribution in [0.1, 0.15) is 36.0 Å². The standard InChI is InChI=1S/C16H20FNO3S/c1-22-14-9-12(5-6-13(14)17)16(21)18-8-2-3-11(10-18)4-7-15(19)20/h5-6,9,11H,2-4,7-8,10H2,1H3,(H,19,20). The highest BCUT2D eigenvalue weighted by atomic mass is 32.2. The molecule has 0 bridgehead atoms. The van der Waals surface area contributed by atoms with E-state index in [0.29, 0.717) is 30.0 Å². The van der Waals surface area contributed by atoms with Gasteiger partial charge in [0, 0.05) is 30.0 Å². The fourth-order valence-electron chi connectivity index (χ4n) is 2.79. The second-order valence-electron chi connectivity index (χ2n) is 5.54. The van der Waals surface area contributed by atoms with Gasteiger partial charge in [-0.15, -0.1) is 11.8 Å². The zero-order valence-electron chi connectivity index (χ0n) is 12.5. The van der Waals surface area contributed by atoms with Gasteiger partial charge in [-0.3, -0.25) is 9.59 Å². The minimum absolute atomic E-state index is 0.102. The number of nitrogens with zero attached hydrogens (tertiary/aromatic N) is 1. The normalized spacial score (nSPS) is 18.3. The molecule has 120 valence electrons.